The first-order valence-electron chi connectivity index (χ1n) is 6.24. The molecule has 0 aliphatic heterocycles. The van der Waals surface area contributed by atoms with Crippen LogP contribution in [-0.4, -0.2) is 23.5 Å². The number of aliphatic carboxylic acids is 1. The van der Waals surface area contributed by atoms with Crippen LogP contribution in [0.1, 0.15) is 36.1 Å². The van der Waals surface area contributed by atoms with Crippen LogP contribution in [0.25, 0.3) is 0 Å². The monoisotopic (exact) mass is 263 g/mol. The number of amides is 1. The van der Waals surface area contributed by atoms with Gasteiger partial charge in [0.05, 0.1) is 0 Å². The molecule has 0 fully saturated rings. The van der Waals surface area contributed by atoms with Crippen molar-refractivity contribution in [3.8, 4) is 0 Å². The molecule has 4 nitrogen and oxygen atoms in total. The van der Waals surface area contributed by atoms with Crippen molar-refractivity contribution in [2.24, 2.45) is 0 Å². The summed E-state index contributed by atoms with van der Waals surface area (Å²) >= 11 is 0. The van der Waals surface area contributed by atoms with Gasteiger partial charge in [-0.1, -0.05) is 26.0 Å². The molecule has 0 saturated heterocycles. The molecular formula is C15H21NO3. The molecule has 1 rings (SSSR count). The number of carbonyl (C=O) groups is 2. The van der Waals surface area contributed by atoms with E-state index < -0.39 is 11.9 Å². The molecule has 4 heteroatoms. The van der Waals surface area contributed by atoms with E-state index in [4.69, 9.17) is 5.11 Å². The molecule has 0 bridgehead atoms. The Morgan fingerprint density at radius 1 is 1.11 bits per heavy atom. The quantitative estimate of drug-likeness (QED) is 0.821. The molecule has 1 aromatic rings. The molecule has 0 heterocycles. The van der Waals surface area contributed by atoms with E-state index in [-0.39, 0.29) is 5.41 Å². The van der Waals surface area contributed by atoms with Crippen molar-refractivity contribution in [1.82, 2.24) is 5.32 Å². The van der Waals surface area contributed by atoms with E-state index in [9.17, 15) is 9.59 Å². The first-order chi connectivity index (χ1) is 8.65. The zero-order chi connectivity index (χ0) is 14.8. The summed E-state index contributed by atoms with van der Waals surface area (Å²) < 4.78 is 0. The Balaban J connectivity index is 2.97. The fourth-order valence-corrected chi connectivity index (χ4v) is 2.16. The van der Waals surface area contributed by atoms with E-state index in [1.807, 2.05) is 27.7 Å². The average Bonchev–Trinajstić information content (AvgIpc) is 2.30. The molecule has 1 amide bonds. The van der Waals surface area contributed by atoms with Gasteiger partial charge >= 0.3 is 11.9 Å². The van der Waals surface area contributed by atoms with E-state index in [0.29, 0.717) is 6.54 Å². The fraction of sp³-hybridized carbons (Fsp3) is 0.467. The van der Waals surface area contributed by atoms with E-state index in [0.717, 1.165) is 11.1 Å². The van der Waals surface area contributed by atoms with Crippen LogP contribution in [0.4, 0.5) is 0 Å². The number of carboxylic acids is 1. The van der Waals surface area contributed by atoms with Crippen LogP contribution in [0.15, 0.2) is 12.1 Å². The van der Waals surface area contributed by atoms with Gasteiger partial charge in [0.1, 0.15) is 0 Å². The number of rotatable bonds is 3. The third kappa shape index (κ3) is 3.56. The molecule has 0 radical (unpaired) electrons. The van der Waals surface area contributed by atoms with Gasteiger partial charge in [0, 0.05) is 12.0 Å². The maximum Gasteiger partial charge on any atom is 0.394 e. The molecule has 104 valence electrons. The Morgan fingerprint density at radius 2 is 1.63 bits per heavy atom. The number of aryl methyl sites for hydroxylation is 3. The minimum atomic E-state index is -1.45. The Morgan fingerprint density at radius 3 is 2.16 bits per heavy atom. The number of hydrogen-bond donors (Lipinski definition) is 2. The van der Waals surface area contributed by atoms with Crippen LogP contribution in [0.3, 0.4) is 0 Å². The highest BCUT2D eigenvalue weighted by atomic mass is 16.4. The van der Waals surface area contributed by atoms with Crippen LogP contribution >= 0.6 is 0 Å². The van der Waals surface area contributed by atoms with Crippen LogP contribution in [-0.2, 0) is 15.0 Å². The summed E-state index contributed by atoms with van der Waals surface area (Å²) in [5.74, 6) is -2.41. The first-order valence-corrected chi connectivity index (χ1v) is 6.24. The fourth-order valence-electron chi connectivity index (χ4n) is 2.16. The van der Waals surface area contributed by atoms with Crippen LogP contribution in [0.5, 0.6) is 0 Å². The number of benzene rings is 1. The number of nitrogens with one attached hydrogen (secondary N) is 1. The molecule has 1 aromatic carbocycles. The van der Waals surface area contributed by atoms with Gasteiger partial charge in [-0.25, -0.2) is 4.79 Å². The van der Waals surface area contributed by atoms with E-state index in [1.54, 1.807) is 0 Å². The lowest BCUT2D eigenvalue weighted by Gasteiger charge is -2.28. The smallest absolute Gasteiger partial charge is 0.394 e. The summed E-state index contributed by atoms with van der Waals surface area (Å²) in [4.78, 5) is 21.6. The average molecular weight is 263 g/mol. The summed E-state index contributed by atoms with van der Waals surface area (Å²) in [6.07, 6.45) is 0. The Kier molecular flexibility index (Phi) is 4.35. The van der Waals surface area contributed by atoms with Gasteiger partial charge in [-0.3, -0.25) is 4.79 Å². The third-order valence-corrected chi connectivity index (χ3v) is 3.45. The molecule has 0 aliphatic carbocycles. The lowest BCUT2D eigenvalue weighted by molar-refractivity contribution is -0.150. The number of carbonyl (C=O) groups excluding carboxylic acids is 1. The minimum absolute atomic E-state index is 0.293. The summed E-state index contributed by atoms with van der Waals surface area (Å²) in [7, 11) is 0. The third-order valence-electron chi connectivity index (χ3n) is 3.45. The zero-order valence-corrected chi connectivity index (χ0v) is 12.1. The predicted molar refractivity (Wildman–Crippen MR) is 74.3 cm³/mol. The highest BCUT2D eigenvalue weighted by Gasteiger charge is 2.25. The molecule has 19 heavy (non-hydrogen) atoms. The topological polar surface area (TPSA) is 66.4 Å². The molecule has 0 spiro atoms. The molecule has 0 aromatic heterocycles. The lowest BCUT2D eigenvalue weighted by Crippen LogP contribution is -2.40. The second kappa shape index (κ2) is 5.43. The largest absolute Gasteiger partial charge is 0.474 e. The van der Waals surface area contributed by atoms with Gasteiger partial charge in [0.2, 0.25) is 0 Å². The number of carboxylic acid groups (broad SMARTS) is 1. The zero-order valence-electron chi connectivity index (χ0n) is 12.1. The van der Waals surface area contributed by atoms with Gasteiger partial charge in [0.15, 0.2) is 0 Å². The Hall–Kier alpha value is -1.84. The first kappa shape index (κ1) is 15.2. The van der Waals surface area contributed by atoms with E-state index in [1.165, 1.54) is 11.1 Å². The SMILES string of the molecule is Cc1cc(C)c(C(C)(C)CNC(=O)C(=O)O)cc1C. The van der Waals surface area contributed by atoms with Crippen molar-refractivity contribution < 1.29 is 14.7 Å². The van der Waals surface area contributed by atoms with Crippen molar-refractivity contribution in [3.05, 3.63) is 34.4 Å². The van der Waals surface area contributed by atoms with Gasteiger partial charge in [-0.15, -0.1) is 0 Å². The normalized spacial score (nSPS) is 11.2. The molecular weight excluding hydrogens is 242 g/mol. The predicted octanol–water partition coefficient (Wildman–Crippen LogP) is 2.09. The van der Waals surface area contributed by atoms with Gasteiger partial charge in [0.25, 0.3) is 0 Å². The molecule has 0 unspecified atom stereocenters. The second-order valence-electron chi connectivity index (χ2n) is 5.62. The van der Waals surface area contributed by atoms with Crippen molar-refractivity contribution in [2.75, 3.05) is 6.54 Å². The Labute approximate surface area is 113 Å². The van der Waals surface area contributed by atoms with Crippen LogP contribution < -0.4 is 5.32 Å². The maximum atomic E-state index is 11.1. The minimum Gasteiger partial charge on any atom is -0.474 e. The summed E-state index contributed by atoms with van der Waals surface area (Å²) in [5.41, 5.74) is 4.39. The van der Waals surface area contributed by atoms with Crippen LogP contribution in [0, 0.1) is 20.8 Å². The highest BCUT2D eigenvalue weighted by Crippen LogP contribution is 2.28. The summed E-state index contributed by atoms with van der Waals surface area (Å²) in [6, 6.07) is 4.23. The van der Waals surface area contributed by atoms with E-state index >= 15 is 0 Å². The Bertz CT molecular complexity index is 518. The summed E-state index contributed by atoms with van der Waals surface area (Å²) in [5, 5.41) is 11.0. The molecule has 2 N–H and O–H groups in total. The van der Waals surface area contributed by atoms with Crippen molar-refractivity contribution >= 4 is 11.9 Å². The van der Waals surface area contributed by atoms with Gasteiger partial charge in [-0.2, -0.15) is 0 Å². The van der Waals surface area contributed by atoms with Crippen molar-refractivity contribution in [2.45, 2.75) is 40.0 Å². The van der Waals surface area contributed by atoms with Crippen LogP contribution in [0.2, 0.25) is 0 Å². The highest BCUT2D eigenvalue weighted by molar-refractivity contribution is 6.31. The van der Waals surface area contributed by atoms with E-state index in [2.05, 4.69) is 24.4 Å². The second-order valence-corrected chi connectivity index (χ2v) is 5.62. The van der Waals surface area contributed by atoms with Crippen molar-refractivity contribution in [1.29, 1.82) is 0 Å². The maximum absolute atomic E-state index is 11.1. The molecule has 0 aliphatic rings. The molecule has 0 saturated carbocycles. The standard InChI is InChI=1S/C15H21NO3/c1-9-6-11(3)12(7-10(9)2)15(4,5)8-16-13(17)14(18)19/h6-7H,8H2,1-5H3,(H,16,17)(H,18,19). The lowest BCUT2D eigenvalue weighted by atomic mass is 9.80. The molecule has 0 atom stereocenters. The van der Waals surface area contributed by atoms with Gasteiger partial charge in [-0.05, 0) is 43.0 Å². The summed E-state index contributed by atoms with van der Waals surface area (Å²) in [6.45, 7) is 10.4. The number of hydrogen-bond acceptors (Lipinski definition) is 2. The van der Waals surface area contributed by atoms with Gasteiger partial charge < -0.3 is 10.4 Å². The van der Waals surface area contributed by atoms with Crippen molar-refractivity contribution in [3.63, 3.8) is 0 Å².